The number of halogens is 2. The number of aromatic nitrogens is 2. The van der Waals surface area contributed by atoms with Crippen LogP contribution in [-0.4, -0.2) is 9.55 Å². The van der Waals surface area contributed by atoms with E-state index in [0.29, 0.717) is 24.0 Å². The van der Waals surface area contributed by atoms with Crippen LogP contribution in [0.1, 0.15) is 44.9 Å². The lowest BCUT2D eigenvalue weighted by molar-refractivity contribution is 0.510. The van der Waals surface area contributed by atoms with E-state index in [2.05, 4.69) is 24.9 Å². The van der Waals surface area contributed by atoms with Crippen LogP contribution in [0, 0.1) is 23.0 Å². The van der Waals surface area contributed by atoms with Gasteiger partial charge in [0.2, 0.25) is 0 Å². The summed E-state index contributed by atoms with van der Waals surface area (Å²) in [7, 11) is 0. The van der Waals surface area contributed by atoms with E-state index < -0.39 is 11.6 Å². The first kappa shape index (κ1) is 14.4. The van der Waals surface area contributed by atoms with Crippen LogP contribution in [-0.2, 0) is 6.54 Å². The lowest BCUT2D eigenvalue weighted by Crippen LogP contribution is -2.08. The molecule has 106 valence electrons. The molecule has 0 N–H and O–H groups in total. The van der Waals surface area contributed by atoms with Gasteiger partial charge in [-0.15, -0.1) is 0 Å². The van der Waals surface area contributed by atoms with Gasteiger partial charge in [0.05, 0.1) is 23.5 Å². The minimum absolute atomic E-state index is 0.229. The molecule has 0 aliphatic carbocycles. The molecule has 2 aromatic rings. The summed E-state index contributed by atoms with van der Waals surface area (Å²) in [5.74, 6) is -0.734. The van der Waals surface area contributed by atoms with Crippen molar-refractivity contribution in [3.05, 3.63) is 29.6 Å². The maximum Gasteiger partial charge on any atom is 0.161 e. The van der Waals surface area contributed by atoms with Gasteiger partial charge in [-0.25, -0.2) is 13.8 Å². The Balaban J connectivity index is 2.63. The van der Waals surface area contributed by atoms with Gasteiger partial charge in [-0.2, -0.15) is 5.26 Å². The molecule has 0 aliphatic heterocycles. The van der Waals surface area contributed by atoms with Crippen LogP contribution in [0.3, 0.4) is 0 Å². The fraction of sp³-hybridized carbons (Fsp3) is 0.467. The summed E-state index contributed by atoms with van der Waals surface area (Å²) < 4.78 is 28.6. The van der Waals surface area contributed by atoms with Crippen molar-refractivity contribution in [1.82, 2.24) is 9.55 Å². The van der Waals surface area contributed by atoms with Crippen molar-refractivity contribution in [2.45, 2.75) is 45.6 Å². The number of rotatable bonds is 5. The fourth-order valence-electron chi connectivity index (χ4n) is 2.50. The Labute approximate surface area is 116 Å². The minimum Gasteiger partial charge on any atom is -0.327 e. The number of imidazole rings is 1. The fourth-order valence-corrected chi connectivity index (χ4v) is 2.50. The Kier molecular flexibility index (Phi) is 4.33. The maximum absolute atomic E-state index is 13.4. The van der Waals surface area contributed by atoms with Crippen LogP contribution in [0.5, 0.6) is 0 Å². The molecule has 0 radical (unpaired) electrons. The van der Waals surface area contributed by atoms with Crippen molar-refractivity contribution in [2.75, 3.05) is 0 Å². The van der Waals surface area contributed by atoms with Gasteiger partial charge in [0.1, 0.15) is 5.82 Å². The third kappa shape index (κ3) is 2.51. The van der Waals surface area contributed by atoms with Crippen molar-refractivity contribution in [3.63, 3.8) is 0 Å². The largest absolute Gasteiger partial charge is 0.327 e. The van der Waals surface area contributed by atoms with Crippen LogP contribution in [0.15, 0.2) is 12.1 Å². The molecule has 5 heteroatoms. The van der Waals surface area contributed by atoms with Gasteiger partial charge in [-0.1, -0.05) is 13.8 Å². The molecule has 0 bridgehead atoms. The van der Waals surface area contributed by atoms with Gasteiger partial charge in [0.25, 0.3) is 0 Å². The molecule has 1 aromatic heterocycles. The highest BCUT2D eigenvalue weighted by molar-refractivity contribution is 5.76. The number of nitriles is 1. The highest BCUT2D eigenvalue weighted by Gasteiger charge is 2.19. The monoisotopic (exact) mass is 277 g/mol. The molecule has 0 saturated heterocycles. The van der Waals surface area contributed by atoms with Crippen LogP contribution < -0.4 is 0 Å². The normalized spacial score (nSPS) is 11.2. The first-order valence-electron chi connectivity index (χ1n) is 6.84. The van der Waals surface area contributed by atoms with Gasteiger partial charge in [0.15, 0.2) is 11.6 Å². The van der Waals surface area contributed by atoms with E-state index in [-0.39, 0.29) is 5.92 Å². The summed E-state index contributed by atoms with van der Waals surface area (Å²) in [5, 5.41) is 8.76. The Morgan fingerprint density at radius 2 is 1.90 bits per heavy atom. The van der Waals surface area contributed by atoms with E-state index in [1.165, 1.54) is 6.07 Å². The molecule has 1 heterocycles. The molecule has 0 saturated carbocycles. The summed E-state index contributed by atoms with van der Waals surface area (Å²) in [6, 6.07) is 4.37. The third-order valence-electron chi connectivity index (χ3n) is 3.62. The van der Waals surface area contributed by atoms with Gasteiger partial charge in [0, 0.05) is 24.6 Å². The molecular formula is C15H17F2N3. The number of nitrogens with zero attached hydrogens (tertiary/aromatic N) is 3. The van der Waals surface area contributed by atoms with Crippen LogP contribution in [0.4, 0.5) is 8.78 Å². The molecule has 1 aromatic carbocycles. The van der Waals surface area contributed by atoms with Crippen LogP contribution in [0.2, 0.25) is 0 Å². The van der Waals surface area contributed by atoms with E-state index >= 15 is 0 Å². The molecule has 3 nitrogen and oxygen atoms in total. The van der Waals surface area contributed by atoms with Crippen LogP contribution >= 0.6 is 0 Å². The third-order valence-corrected chi connectivity index (χ3v) is 3.62. The second-order valence-corrected chi connectivity index (χ2v) is 4.80. The average molecular weight is 277 g/mol. The van der Waals surface area contributed by atoms with E-state index in [1.807, 2.05) is 4.57 Å². The van der Waals surface area contributed by atoms with Crippen LogP contribution in [0.25, 0.3) is 11.0 Å². The molecule has 0 fully saturated rings. The second-order valence-electron chi connectivity index (χ2n) is 4.80. The Morgan fingerprint density at radius 1 is 1.25 bits per heavy atom. The van der Waals surface area contributed by atoms with E-state index in [4.69, 9.17) is 5.26 Å². The summed E-state index contributed by atoms with van der Waals surface area (Å²) in [6.45, 7) is 4.57. The summed E-state index contributed by atoms with van der Waals surface area (Å²) in [6.07, 6.45) is 2.12. The number of hydrogen-bond acceptors (Lipinski definition) is 2. The van der Waals surface area contributed by atoms with Gasteiger partial charge >= 0.3 is 0 Å². The van der Waals surface area contributed by atoms with E-state index in [9.17, 15) is 8.78 Å². The number of aryl methyl sites for hydroxylation is 1. The number of fused-ring (bicyclic) bond motifs is 1. The smallest absolute Gasteiger partial charge is 0.161 e. The zero-order valence-electron chi connectivity index (χ0n) is 11.7. The Bertz CT molecular complexity index is 651. The molecule has 0 aliphatic rings. The van der Waals surface area contributed by atoms with Crippen molar-refractivity contribution in [2.24, 2.45) is 0 Å². The zero-order chi connectivity index (χ0) is 14.7. The van der Waals surface area contributed by atoms with E-state index in [0.717, 1.165) is 24.7 Å². The predicted octanol–water partition coefficient (Wildman–Crippen LogP) is 4.13. The van der Waals surface area contributed by atoms with Gasteiger partial charge in [-0.05, 0) is 12.8 Å². The number of benzene rings is 1. The molecule has 0 spiro atoms. The first-order valence-corrected chi connectivity index (χ1v) is 6.84. The molecule has 0 amide bonds. The maximum atomic E-state index is 13.4. The summed E-state index contributed by atoms with van der Waals surface area (Å²) in [5.41, 5.74) is 1.00. The highest BCUT2D eigenvalue weighted by Crippen LogP contribution is 2.28. The van der Waals surface area contributed by atoms with Crippen molar-refractivity contribution in [3.8, 4) is 6.07 Å². The van der Waals surface area contributed by atoms with Gasteiger partial charge in [-0.3, -0.25) is 0 Å². The molecule has 20 heavy (non-hydrogen) atoms. The lowest BCUT2D eigenvalue weighted by atomic mass is 10.0. The predicted molar refractivity (Wildman–Crippen MR) is 73.2 cm³/mol. The Hall–Kier alpha value is -1.96. The summed E-state index contributed by atoms with van der Waals surface area (Å²) >= 11 is 0. The first-order chi connectivity index (χ1) is 9.62. The van der Waals surface area contributed by atoms with Gasteiger partial charge < -0.3 is 4.57 Å². The van der Waals surface area contributed by atoms with Crippen molar-refractivity contribution < 1.29 is 8.78 Å². The Morgan fingerprint density at radius 3 is 2.50 bits per heavy atom. The quantitative estimate of drug-likeness (QED) is 0.824. The topological polar surface area (TPSA) is 41.6 Å². The van der Waals surface area contributed by atoms with Crippen molar-refractivity contribution >= 4 is 11.0 Å². The lowest BCUT2D eigenvalue weighted by Gasteiger charge is -2.14. The SMILES string of the molecule is CCC(CC)c1nc2cc(F)c(F)cc2n1CCC#N. The second kappa shape index (κ2) is 6.00. The highest BCUT2D eigenvalue weighted by atomic mass is 19.2. The average Bonchev–Trinajstić information content (AvgIpc) is 2.76. The minimum atomic E-state index is -0.890. The van der Waals surface area contributed by atoms with Crippen molar-refractivity contribution in [1.29, 1.82) is 5.26 Å². The molecule has 0 atom stereocenters. The standard InChI is InChI=1S/C15H17F2N3/c1-3-10(4-2)15-19-13-8-11(16)12(17)9-14(13)20(15)7-5-6-18/h8-10H,3-5,7H2,1-2H3. The summed E-state index contributed by atoms with van der Waals surface area (Å²) in [4.78, 5) is 4.46. The molecular weight excluding hydrogens is 260 g/mol. The number of hydrogen-bond donors (Lipinski definition) is 0. The zero-order valence-corrected chi connectivity index (χ0v) is 11.7. The molecule has 2 rings (SSSR count). The van der Waals surface area contributed by atoms with E-state index in [1.54, 1.807) is 0 Å². The molecule has 0 unspecified atom stereocenters.